The molecule has 0 aliphatic heterocycles. The Bertz CT molecular complexity index is 545. The van der Waals surface area contributed by atoms with Gasteiger partial charge in [-0.25, -0.2) is 8.78 Å². The van der Waals surface area contributed by atoms with Crippen molar-refractivity contribution < 1.29 is 22.0 Å². The van der Waals surface area contributed by atoms with E-state index in [1.54, 1.807) is 0 Å². The van der Waals surface area contributed by atoms with Crippen LogP contribution < -0.4 is 10.6 Å². The van der Waals surface area contributed by atoms with Crippen molar-refractivity contribution in [2.75, 3.05) is 33.7 Å². The molecule has 0 atom stereocenters. The lowest BCUT2D eigenvalue weighted by molar-refractivity contribution is -0.143. The number of benzene rings is 1. The standard InChI is InChI=1S/C15H21F5N4/c1-21-14(22-6-3-7-24(2)10-15(18,19)20)23-9-11-8-12(16)4-5-13(11)17/h4-5,8H,3,6-7,9-10H2,1-2H3,(H2,21,22,23). The molecule has 0 heterocycles. The topological polar surface area (TPSA) is 39.7 Å². The van der Waals surface area contributed by atoms with Crippen molar-refractivity contribution in [1.29, 1.82) is 0 Å². The number of nitrogens with zero attached hydrogens (tertiary/aromatic N) is 2. The number of hydrogen-bond acceptors (Lipinski definition) is 2. The van der Waals surface area contributed by atoms with Gasteiger partial charge in [0.15, 0.2) is 5.96 Å². The van der Waals surface area contributed by atoms with Crippen molar-refractivity contribution in [3.63, 3.8) is 0 Å². The summed E-state index contributed by atoms with van der Waals surface area (Å²) in [5.74, 6) is -0.714. The van der Waals surface area contributed by atoms with Gasteiger partial charge in [-0.15, -0.1) is 0 Å². The third-order valence-corrected chi connectivity index (χ3v) is 3.14. The molecule has 1 aromatic rings. The van der Waals surface area contributed by atoms with E-state index in [1.807, 2.05) is 0 Å². The number of guanidine groups is 1. The zero-order chi connectivity index (χ0) is 18.2. The average molecular weight is 352 g/mol. The van der Waals surface area contributed by atoms with Gasteiger partial charge in [0.2, 0.25) is 0 Å². The Morgan fingerprint density at radius 2 is 1.92 bits per heavy atom. The van der Waals surface area contributed by atoms with Crippen molar-refractivity contribution >= 4 is 5.96 Å². The highest BCUT2D eigenvalue weighted by Crippen LogP contribution is 2.15. The van der Waals surface area contributed by atoms with Gasteiger partial charge in [-0.05, 0) is 38.2 Å². The number of halogens is 5. The smallest absolute Gasteiger partial charge is 0.356 e. The minimum Gasteiger partial charge on any atom is -0.356 e. The van der Waals surface area contributed by atoms with Gasteiger partial charge in [0.05, 0.1) is 6.54 Å². The largest absolute Gasteiger partial charge is 0.401 e. The Morgan fingerprint density at radius 3 is 2.54 bits per heavy atom. The van der Waals surface area contributed by atoms with Crippen molar-refractivity contribution in [3.05, 3.63) is 35.4 Å². The lowest BCUT2D eigenvalue weighted by Gasteiger charge is -2.19. The van der Waals surface area contributed by atoms with E-state index >= 15 is 0 Å². The number of rotatable bonds is 7. The summed E-state index contributed by atoms with van der Waals surface area (Å²) in [7, 11) is 2.90. The quantitative estimate of drug-likeness (QED) is 0.343. The van der Waals surface area contributed by atoms with E-state index in [2.05, 4.69) is 15.6 Å². The summed E-state index contributed by atoms with van der Waals surface area (Å²) in [5.41, 5.74) is 0.155. The zero-order valence-electron chi connectivity index (χ0n) is 13.6. The molecule has 24 heavy (non-hydrogen) atoms. The maximum Gasteiger partial charge on any atom is 0.401 e. The summed E-state index contributed by atoms with van der Waals surface area (Å²) < 4.78 is 63.1. The minimum atomic E-state index is -4.21. The first-order chi connectivity index (χ1) is 11.2. The maximum atomic E-state index is 13.5. The van der Waals surface area contributed by atoms with Gasteiger partial charge < -0.3 is 10.6 Å². The summed E-state index contributed by atoms with van der Waals surface area (Å²) in [5, 5.41) is 5.73. The SMILES string of the molecule is CN=C(NCCCN(C)CC(F)(F)F)NCc1cc(F)ccc1F. The lowest BCUT2D eigenvalue weighted by Crippen LogP contribution is -2.39. The van der Waals surface area contributed by atoms with E-state index in [9.17, 15) is 22.0 Å². The molecule has 0 saturated carbocycles. The zero-order valence-corrected chi connectivity index (χ0v) is 13.6. The summed E-state index contributed by atoms with van der Waals surface area (Å²) >= 11 is 0. The van der Waals surface area contributed by atoms with Crippen molar-refractivity contribution in [1.82, 2.24) is 15.5 Å². The predicted molar refractivity (Wildman–Crippen MR) is 82.7 cm³/mol. The molecule has 136 valence electrons. The van der Waals surface area contributed by atoms with Gasteiger partial charge in [-0.2, -0.15) is 13.2 Å². The van der Waals surface area contributed by atoms with E-state index in [4.69, 9.17) is 0 Å². The third kappa shape index (κ3) is 8.09. The summed E-state index contributed by atoms with van der Waals surface area (Å²) in [6.45, 7) is -0.258. The highest BCUT2D eigenvalue weighted by atomic mass is 19.4. The van der Waals surface area contributed by atoms with E-state index in [0.29, 0.717) is 18.9 Å². The Labute approximate surface area is 137 Å². The average Bonchev–Trinajstić information content (AvgIpc) is 2.48. The number of hydrogen-bond donors (Lipinski definition) is 2. The predicted octanol–water partition coefficient (Wildman–Crippen LogP) is 2.51. The second-order valence-electron chi connectivity index (χ2n) is 5.29. The first-order valence-electron chi connectivity index (χ1n) is 7.35. The van der Waals surface area contributed by atoms with Gasteiger partial charge in [-0.3, -0.25) is 9.89 Å². The van der Waals surface area contributed by atoms with Crippen LogP contribution in [-0.4, -0.2) is 50.8 Å². The Kier molecular flexibility index (Phi) is 7.90. The van der Waals surface area contributed by atoms with Crippen LogP contribution in [-0.2, 0) is 6.54 Å². The van der Waals surface area contributed by atoms with Crippen molar-refractivity contribution in [2.45, 2.75) is 19.1 Å². The molecule has 1 aromatic carbocycles. The van der Waals surface area contributed by atoms with Gasteiger partial charge in [0, 0.05) is 25.7 Å². The van der Waals surface area contributed by atoms with Gasteiger partial charge >= 0.3 is 6.18 Å². The summed E-state index contributed by atoms with van der Waals surface area (Å²) in [6.07, 6.45) is -3.74. The molecule has 0 aliphatic carbocycles. The van der Waals surface area contributed by atoms with Crippen LogP contribution in [0.3, 0.4) is 0 Å². The number of nitrogens with one attached hydrogen (secondary N) is 2. The Balaban J connectivity index is 2.32. The van der Waals surface area contributed by atoms with Crippen LogP contribution in [0.15, 0.2) is 23.2 Å². The van der Waals surface area contributed by atoms with Crippen LogP contribution in [0.1, 0.15) is 12.0 Å². The summed E-state index contributed by atoms with van der Waals surface area (Å²) in [6, 6.07) is 3.16. The second kappa shape index (κ2) is 9.41. The molecule has 0 amide bonds. The van der Waals surface area contributed by atoms with Gasteiger partial charge in [0.25, 0.3) is 0 Å². The molecule has 0 saturated heterocycles. The van der Waals surface area contributed by atoms with Gasteiger partial charge in [-0.1, -0.05) is 0 Å². The molecular weight excluding hydrogens is 331 g/mol. The fourth-order valence-corrected chi connectivity index (χ4v) is 2.02. The molecule has 0 unspecified atom stereocenters. The van der Waals surface area contributed by atoms with Crippen LogP contribution in [0.5, 0.6) is 0 Å². The number of aliphatic imine (C=N–C) groups is 1. The van der Waals surface area contributed by atoms with Crippen LogP contribution in [0.2, 0.25) is 0 Å². The molecule has 0 bridgehead atoms. The molecule has 4 nitrogen and oxygen atoms in total. The molecule has 0 radical (unpaired) electrons. The minimum absolute atomic E-state index is 0.0389. The van der Waals surface area contributed by atoms with Gasteiger partial charge in [0.1, 0.15) is 11.6 Å². The van der Waals surface area contributed by atoms with E-state index < -0.39 is 24.4 Å². The normalized spacial score (nSPS) is 12.6. The molecular formula is C15H21F5N4. The molecule has 9 heteroatoms. The van der Waals surface area contributed by atoms with Crippen LogP contribution in [0, 0.1) is 11.6 Å². The molecule has 0 aromatic heterocycles. The Hall–Kier alpha value is -1.90. The molecule has 0 aliphatic rings. The van der Waals surface area contributed by atoms with Crippen LogP contribution >= 0.6 is 0 Å². The molecule has 0 spiro atoms. The fraction of sp³-hybridized carbons (Fsp3) is 0.533. The monoisotopic (exact) mass is 352 g/mol. The van der Waals surface area contributed by atoms with Crippen molar-refractivity contribution in [3.8, 4) is 0 Å². The molecule has 0 fully saturated rings. The summed E-state index contributed by atoms with van der Waals surface area (Å²) in [4.78, 5) is 5.10. The van der Waals surface area contributed by atoms with E-state index in [1.165, 1.54) is 19.0 Å². The first-order valence-corrected chi connectivity index (χ1v) is 7.35. The highest BCUT2D eigenvalue weighted by molar-refractivity contribution is 5.79. The van der Waals surface area contributed by atoms with E-state index in [0.717, 1.165) is 18.2 Å². The van der Waals surface area contributed by atoms with Crippen molar-refractivity contribution in [2.24, 2.45) is 4.99 Å². The molecule has 1 rings (SSSR count). The van der Waals surface area contributed by atoms with E-state index in [-0.39, 0.29) is 18.7 Å². The number of alkyl halides is 3. The highest BCUT2D eigenvalue weighted by Gasteiger charge is 2.28. The second-order valence-corrected chi connectivity index (χ2v) is 5.29. The van der Waals surface area contributed by atoms with Crippen LogP contribution in [0.25, 0.3) is 0 Å². The Morgan fingerprint density at radius 1 is 1.21 bits per heavy atom. The first kappa shape index (κ1) is 20.1. The molecule has 2 N–H and O–H groups in total. The lowest BCUT2D eigenvalue weighted by atomic mass is 10.2. The van der Waals surface area contributed by atoms with Crippen LogP contribution in [0.4, 0.5) is 22.0 Å². The fourth-order valence-electron chi connectivity index (χ4n) is 2.02. The third-order valence-electron chi connectivity index (χ3n) is 3.14. The maximum absolute atomic E-state index is 13.5.